The minimum Gasteiger partial charge on any atom is -0.497 e. The summed E-state index contributed by atoms with van der Waals surface area (Å²) >= 11 is 17.3. The van der Waals surface area contributed by atoms with Gasteiger partial charge in [-0.1, -0.05) is 46.9 Å². The Bertz CT molecular complexity index is 297. The Balaban J connectivity index is 2.38. The summed E-state index contributed by atoms with van der Waals surface area (Å²) < 4.78 is 8.72. The first kappa shape index (κ1) is 13.3. The topological polar surface area (TPSA) is 18.5 Å². The van der Waals surface area contributed by atoms with Crippen LogP contribution in [0.2, 0.25) is 0 Å². The lowest BCUT2D eigenvalue weighted by Gasteiger charge is -2.09. The van der Waals surface area contributed by atoms with Crippen LogP contribution in [0.4, 0.5) is 0 Å². The van der Waals surface area contributed by atoms with Crippen LogP contribution in [0, 0.1) is 0 Å². The normalized spacial score (nSPS) is 11.5. The maximum absolute atomic E-state index is 5.50. The van der Waals surface area contributed by atoms with Crippen molar-refractivity contribution in [1.29, 1.82) is 0 Å². The van der Waals surface area contributed by atoms with Crippen LogP contribution in [0.3, 0.4) is 0 Å². The van der Waals surface area contributed by atoms with E-state index in [-0.39, 0.29) is 0 Å². The summed E-state index contributed by atoms with van der Waals surface area (Å²) in [6.45, 7) is 0.378. The molecule has 0 amide bonds. The van der Waals surface area contributed by atoms with Crippen molar-refractivity contribution >= 4 is 46.8 Å². The minimum atomic E-state index is -1.44. The Labute approximate surface area is 108 Å². The second-order valence-corrected chi connectivity index (χ2v) is 6.61. The molecule has 84 valence electrons. The van der Waals surface area contributed by atoms with Crippen molar-refractivity contribution in [3.63, 3.8) is 0 Å². The van der Waals surface area contributed by atoms with Crippen LogP contribution in [0.25, 0.3) is 0 Å². The van der Waals surface area contributed by atoms with Gasteiger partial charge in [-0.15, -0.1) is 0 Å². The molecule has 0 saturated heterocycles. The molecule has 0 aliphatic rings. The van der Waals surface area contributed by atoms with Gasteiger partial charge in [-0.2, -0.15) is 0 Å². The van der Waals surface area contributed by atoms with E-state index in [1.165, 1.54) is 0 Å². The second kappa shape index (κ2) is 6.06. The summed E-state index contributed by atoms with van der Waals surface area (Å²) in [6, 6.07) is 7.47. The fourth-order valence-electron chi connectivity index (χ4n) is 0.886. The first-order valence-electron chi connectivity index (χ1n) is 4.01. The van der Waals surface area contributed by atoms with Crippen molar-refractivity contribution in [1.82, 2.24) is 0 Å². The molecule has 0 spiro atoms. The highest BCUT2D eigenvalue weighted by Crippen LogP contribution is 2.39. The Morgan fingerprint density at radius 1 is 1.20 bits per heavy atom. The fraction of sp³-hybridized carbons (Fsp3) is 0.333. The van der Waals surface area contributed by atoms with E-state index in [1.807, 2.05) is 24.3 Å². The maximum atomic E-state index is 5.50. The predicted octanol–water partition coefficient (Wildman–Crippen LogP) is 4.19. The number of hydrogen-bond acceptors (Lipinski definition) is 3. The number of benzene rings is 1. The third-order valence-corrected chi connectivity index (χ3v) is 2.53. The maximum Gasteiger partial charge on any atom is 0.262 e. The van der Waals surface area contributed by atoms with E-state index < -0.39 is 3.12 Å². The zero-order valence-electron chi connectivity index (χ0n) is 7.88. The van der Waals surface area contributed by atoms with E-state index in [4.69, 9.17) is 43.7 Å². The molecule has 0 aliphatic heterocycles. The van der Waals surface area contributed by atoms with Gasteiger partial charge in [0.2, 0.25) is 0 Å². The molecule has 0 fully saturated rings. The van der Waals surface area contributed by atoms with Gasteiger partial charge in [0.05, 0.1) is 13.7 Å². The summed E-state index contributed by atoms with van der Waals surface area (Å²) in [4.78, 5) is 0. The largest absolute Gasteiger partial charge is 0.497 e. The third-order valence-electron chi connectivity index (χ3n) is 1.54. The molecular weight excluding hydrogens is 279 g/mol. The van der Waals surface area contributed by atoms with Crippen LogP contribution in [0.15, 0.2) is 24.3 Å². The molecule has 1 aromatic carbocycles. The molecule has 1 rings (SSSR count). The van der Waals surface area contributed by atoms with Crippen LogP contribution in [0.5, 0.6) is 5.75 Å². The van der Waals surface area contributed by atoms with Gasteiger partial charge >= 0.3 is 0 Å². The van der Waals surface area contributed by atoms with E-state index in [0.717, 1.165) is 23.4 Å². The van der Waals surface area contributed by atoms with Gasteiger partial charge in [-0.3, -0.25) is 0 Å². The Kier molecular flexibility index (Phi) is 5.36. The van der Waals surface area contributed by atoms with Crippen molar-refractivity contribution in [3.8, 4) is 5.75 Å². The molecule has 0 atom stereocenters. The second-order valence-electron chi connectivity index (χ2n) is 2.64. The van der Waals surface area contributed by atoms with E-state index in [9.17, 15) is 0 Å². The Hall–Kier alpha value is 0.200. The van der Waals surface area contributed by atoms with Gasteiger partial charge < -0.3 is 8.92 Å². The summed E-state index contributed by atoms with van der Waals surface area (Å²) in [7, 11) is 1.62. The molecule has 2 nitrogen and oxygen atoms in total. The number of methoxy groups -OCH3 is 1. The van der Waals surface area contributed by atoms with Crippen LogP contribution in [-0.4, -0.2) is 10.2 Å². The molecule has 0 radical (unpaired) electrons. The first-order chi connectivity index (χ1) is 7.01. The van der Waals surface area contributed by atoms with E-state index in [1.54, 1.807) is 7.11 Å². The van der Waals surface area contributed by atoms with E-state index in [2.05, 4.69) is 0 Å². The average Bonchev–Trinajstić information content (AvgIpc) is 2.17. The van der Waals surface area contributed by atoms with Gasteiger partial charge in [-0.25, -0.2) is 0 Å². The lowest BCUT2D eigenvalue weighted by atomic mass is 10.2. The Morgan fingerprint density at radius 3 is 2.27 bits per heavy atom. The number of halogens is 3. The van der Waals surface area contributed by atoms with Crippen LogP contribution < -0.4 is 4.74 Å². The summed E-state index contributed by atoms with van der Waals surface area (Å²) in [5, 5.41) is 0. The standard InChI is InChI=1S/C9H9Cl3O2S/c1-13-8-4-2-7(3-5-8)6-14-15-9(10,11)12/h2-5H,6H2,1H3. The van der Waals surface area contributed by atoms with Gasteiger partial charge in [-0.05, 0) is 17.7 Å². The van der Waals surface area contributed by atoms with Crippen LogP contribution >= 0.6 is 46.8 Å². The molecule has 0 saturated carbocycles. The van der Waals surface area contributed by atoms with Gasteiger partial charge in [0.1, 0.15) is 5.75 Å². The van der Waals surface area contributed by atoms with Crippen LogP contribution in [-0.2, 0) is 10.8 Å². The van der Waals surface area contributed by atoms with Gasteiger partial charge in [0.15, 0.2) is 0 Å². The number of rotatable bonds is 4. The summed E-state index contributed by atoms with van der Waals surface area (Å²) in [5.74, 6) is 0.799. The van der Waals surface area contributed by atoms with Crippen molar-refractivity contribution in [2.24, 2.45) is 0 Å². The molecule has 0 aliphatic carbocycles. The Morgan fingerprint density at radius 2 is 1.80 bits per heavy atom. The highest BCUT2D eigenvalue weighted by Gasteiger charge is 2.21. The smallest absolute Gasteiger partial charge is 0.262 e. The molecule has 15 heavy (non-hydrogen) atoms. The SMILES string of the molecule is COc1ccc(COSC(Cl)(Cl)Cl)cc1. The van der Waals surface area contributed by atoms with Crippen molar-refractivity contribution in [3.05, 3.63) is 29.8 Å². The molecule has 0 N–H and O–H groups in total. The van der Waals surface area contributed by atoms with Crippen LogP contribution in [0.1, 0.15) is 5.56 Å². The number of ether oxygens (including phenoxy) is 1. The number of hydrogen-bond donors (Lipinski definition) is 0. The molecular formula is C9H9Cl3O2S. The van der Waals surface area contributed by atoms with Crippen molar-refractivity contribution < 1.29 is 8.92 Å². The highest BCUT2D eigenvalue weighted by molar-refractivity contribution is 8.00. The summed E-state index contributed by atoms with van der Waals surface area (Å²) in [5.41, 5.74) is 0.984. The van der Waals surface area contributed by atoms with Gasteiger partial charge in [0, 0.05) is 12.0 Å². The highest BCUT2D eigenvalue weighted by atomic mass is 35.6. The molecule has 0 unspecified atom stereocenters. The first-order valence-corrected chi connectivity index (χ1v) is 5.89. The number of alkyl halides is 3. The fourth-order valence-corrected chi connectivity index (χ4v) is 1.62. The summed E-state index contributed by atoms with van der Waals surface area (Å²) in [6.07, 6.45) is 0. The van der Waals surface area contributed by atoms with Crippen molar-refractivity contribution in [2.45, 2.75) is 9.73 Å². The molecule has 0 aromatic heterocycles. The lowest BCUT2D eigenvalue weighted by Crippen LogP contribution is -1.96. The minimum absolute atomic E-state index is 0.378. The van der Waals surface area contributed by atoms with Gasteiger partial charge in [0.25, 0.3) is 3.12 Å². The monoisotopic (exact) mass is 286 g/mol. The predicted molar refractivity (Wildman–Crippen MR) is 65.7 cm³/mol. The van der Waals surface area contributed by atoms with E-state index in [0.29, 0.717) is 6.61 Å². The molecule has 0 heterocycles. The molecule has 1 aromatic rings. The zero-order chi connectivity index (χ0) is 11.3. The van der Waals surface area contributed by atoms with Crippen molar-refractivity contribution in [2.75, 3.05) is 7.11 Å². The quantitative estimate of drug-likeness (QED) is 0.611. The molecule has 0 bridgehead atoms. The third kappa shape index (κ3) is 5.73. The lowest BCUT2D eigenvalue weighted by molar-refractivity contribution is 0.363. The van der Waals surface area contributed by atoms with E-state index >= 15 is 0 Å². The zero-order valence-corrected chi connectivity index (χ0v) is 11.0. The molecule has 6 heteroatoms. The average molecular weight is 288 g/mol.